The predicted molar refractivity (Wildman–Crippen MR) is 62.8 cm³/mol. The summed E-state index contributed by atoms with van der Waals surface area (Å²) in [7, 11) is 0. The third-order valence-corrected chi connectivity index (χ3v) is 4.21. The van der Waals surface area contributed by atoms with Gasteiger partial charge in [0.05, 0.1) is 12.0 Å². The molecule has 3 unspecified atom stereocenters. The van der Waals surface area contributed by atoms with Crippen molar-refractivity contribution >= 4 is 0 Å². The Morgan fingerprint density at radius 3 is 2.81 bits per heavy atom. The van der Waals surface area contributed by atoms with Crippen molar-refractivity contribution in [3.05, 3.63) is 0 Å². The summed E-state index contributed by atoms with van der Waals surface area (Å²) in [6, 6.07) is 3.47. The number of aliphatic hydroxyl groups is 1. The van der Waals surface area contributed by atoms with E-state index in [1.54, 1.807) is 0 Å². The van der Waals surface area contributed by atoms with Gasteiger partial charge in [-0.3, -0.25) is 4.90 Å². The average Bonchev–Trinajstić information content (AvgIpc) is 2.78. The standard InChI is InChI=1S/C13H22N2O/c14-10-11-4-3-6-13(11)15-8-2-1-5-12(15)7-9-16/h11-13,16H,1-9H2. The summed E-state index contributed by atoms with van der Waals surface area (Å²) in [5.41, 5.74) is 0. The van der Waals surface area contributed by atoms with Gasteiger partial charge in [0.1, 0.15) is 0 Å². The molecule has 0 amide bonds. The molecule has 3 heteroatoms. The second-order valence-corrected chi connectivity index (χ2v) is 5.13. The lowest BCUT2D eigenvalue weighted by atomic mass is 9.94. The zero-order valence-corrected chi connectivity index (χ0v) is 9.94. The highest BCUT2D eigenvalue weighted by molar-refractivity contribution is 4.99. The molecule has 1 heterocycles. The first-order chi connectivity index (χ1) is 7.86. The third-order valence-electron chi connectivity index (χ3n) is 4.21. The minimum absolute atomic E-state index is 0.235. The topological polar surface area (TPSA) is 47.3 Å². The van der Waals surface area contributed by atoms with Crippen LogP contribution in [0.15, 0.2) is 0 Å². The first kappa shape index (κ1) is 11.9. The predicted octanol–water partition coefficient (Wildman–Crippen LogP) is 1.92. The molecule has 0 spiro atoms. The van der Waals surface area contributed by atoms with Crippen molar-refractivity contribution in [1.82, 2.24) is 4.90 Å². The molecule has 3 nitrogen and oxygen atoms in total. The van der Waals surface area contributed by atoms with Crippen LogP contribution >= 0.6 is 0 Å². The molecule has 0 aromatic carbocycles. The molecule has 0 aromatic heterocycles. The monoisotopic (exact) mass is 222 g/mol. The van der Waals surface area contributed by atoms with Gasteiger partial charge in [0.2, 0.25) is 0 Å². The van der Waals surface area contributed by atoms with E-state index >= 15 is 0 Å². The minimum Gasteiger partial charge on any atom is -0.396 e. The van der Waals surface area contributed by atoms with Crippen LogP contribution in [0.1, 0.15) is 44.9 Å². The molecule has 0 radical (unpaired) electrons. The Hall–Kier alpha value is -0.590. The van der Waals surface area contributed by atoms with Gasteiger partial charge in [-0.25, -0.2) is 0 Å². The number of hydrogen-bond donors (Lipinski definition) is 1. The molecule has 1 aliphatic carbocycles. The maximum Gasteiger partial charge on any atom is 0.0672 e. The number of nitriles is 1. The van der Waals surface area contributed by atoms with E-state index in [4.69, 9.17) is 10.4 Å². The van der Waals surface area contributed by atoms with Crippen molar-refractivity contribution in [3.63, 3.8) is 0 Å². The number of piperidine rings is 1. The highest BCUT2D eigenvalue weighted by Gasteiger charge is 2.36. The van der Waals surface area contributed by atoms with E-state index in [1.165, 1.54) is 32.1 Å². The number of rotatable bonds is 3. The first-order valence-corrected chi connectivity index (χ1v) is 6.63. The van der Waals surface area contributed by atoms with Gasteiger partial charge in [0.25, 0.3) is 0 Å². The van der Waals surface area contributed by atoms with Gasteiger partial charge in [0.15, 0.2) is 0 Å². The summed E-state index contributed by atoms with van der Waals surface area (Å²) < 4.78 is 0. The molecular weight excluding hydrogens is 200 g/mol. The van der Waals surface area contributed by atoms with Gasteiger partial charge in [-0.1, -0.05) is 12.8 Å². The van der Waals surface area contributed by atoms with E-state index in [9.17, 15) is 0 Å². The highest BCUT2D eigenvalue weighted by atomic mass is 16.3. The molecule has 1 aliphatic heterocycles. The van der Waals surface area contributed by atoms with Gasteiger partial charge < -0.3 is 5.11 Å². The highest BCUT2D eigenvalue weighted by Crippen LogP contribution is 2.34. The lowest BCUT2D eigenvalue weighted by Gasteiger charge is -2.40. The zero-order chi connectivity index (χ0) is 11.4. The quantitative estimate of drug-likeness (QED) is 0.793. The average molecular weight is 222 g/mol. The SMILES string of the molecule is N#CC1CCCC1N1CCCCC1CCO. The van der Waals surface area contributed by atoms with Crippen molar-refractivity contribution < 1.29 is 5.11 Å². The van der Waals surface area contributed by atoms with Crippen LogP contribution < -0.4 is 0 Å². The minimum atomic E-state index is 0.235. The molecule has 1 N–H and O–H groups in total. The maximum absolute atomic E-state index is 9.16. The molecule has 16 heavy (non-hydrogen) atoms. The van der Waals surface area contributed by atoms with Crippen molar-refractivity contribution in [2.24, 2.45) is 5.92 Å². The van der Waals surface area contributed by atoms with E-state index in [2.05, 4.69) is 11.0 Å². The first-order valence-electron chi connectivity index (χ1n) is 6.63. The van der Waals surface area contributed by atoms with E-state index in [0.29, 0.717) is 12.1 Å². The van der Waals surface area contributed by atoms with Crippen LogP contribution in [0.2, 0.25) is 0 Å². The Bertz CT molecular complexity index is 259. The Morgan fingerprint density at radius 2 is 2.06 bits per heavy atom. The summed E-state index contributed by atoms with van der Waals surface area (Å²) in [6.45, 7) is 1.42. The summed E-state index contributed by atoms with van der Waals surface area (Å²) in [5, 5.41) is 18.3. The van der Waals surface area contributed by atoms with Gasteiger partial charge in [-0.05, 0) is 38.6 Å². The zero-order valence-electron chi connectivity index (χ0n) is 9.94. The Labute approximate surface area is 98.1 Å². The second kappa shape index (κ2) is 5.65. The van der Waals surface area contributed by atoms with E-state index in [-0.39, 0.29) is 12.5 Å². The van der Waals surface area contributed by atoms with Crippen molar-refractivity contribution in [2.75, 3.05) is 13.2 Å². The molecule has 2 rings (SSSR count). The molecule has 1 saturated heterocycles. The van der Waals surface area contributed by atoms with Crippen LogP contribution in [0.5, 0.6) is 0 Å². The lowest BCUT2D eigenvalue weighted by Crippen LogP contribution is -2.47. The van der Waals surface area contributed by atoms with Crippen LogP contribution in [0, 0.1) is 17.2 Å². The smallest absolute Gasteiger partial charge is 0.0672 e. The number of likely N-dealkylation sites (tertiary alicyclic amines) is 1. The molecule has 3 atom stereocenters. The normalized spacial score (nSPS) is 36.1. The van der Waals surface area contributed by atoms with Gasteiger partial charge in [-0.2, -0.15) is 5.26 Å². The van der Waals surface area contributed by atoms with Crippen LogP contribution in [0.4, 0.5) is 0 Å². The largest absolute Gasteiger partial charge is 0.396 e. The Morgan fingerprint density at radius 1 is 1.19 bits per heavy atom. The van der Waals surface area contributed by atoms with Gasteiger partial charge >= 0.3 is 0 Å². The van der Waals surface area contributed by atoms with Crippen molar-refractivity contribution in [2.45, 2.75) is 57.0 Å². The molecule has 1 saturated carbocycles. The fourth-order valence-corrected chi connectivity index (χ4v) is 3.41. The summed E-state index contributed by atoms with van der Waals surface area (Å²) in [6.07, 6.45) is 8.08. The fourth-order valence-electron chi connectivity index (χ4n) is 3.41. The molecule has 2 aliphatic rings. The van der Waals surface area contributed by atoms with Crippen LogP contribution in [0.25, 0.3) is 0 Å². The maximum atomic E-state index is 9.16. The number of aliphatic hydroxyl groups excluding tert-OH is 1. The Balaban J connectivity index is 2.02. The molecular formula is C13H22N2O. The summed E-state index contributed by atoms with van der Waals surface area (Å²) >= 11 is 0. The summed E-state index contributed by atoms with van der Waals surface area (Å²) in [4.78, 5) is 2.53. The fraction of sp³-hybridized carbons (Fsp3) is 0.923. The number of nitrogens with zero attached hydrogens (tertiary/aromatic N) is 2. The third kappa shape index (κ3) is 2.39. The number of hydrogen-bond acceptors (Lipinski definition) is 3. The second-order valence-electron chi connectivity index (χ2n) is 5.13. The van der Waals surface area contributed by atoms with Crippen LogP contribution in [-0.4, -0.2) is 35.2 Å². The summed E-state index contributed by atoms with van der Waals surface area (Å²) in [5.74, 6) is 0.235. The van der Waals surface area contributed by atoms with Gasteiger partial charge in [0, 0.05) is 18.7 Å². The molecule has 2 fully saturated rings. The van der Waals surface area contributed by atoms with Crippen molar-refractivity contribution in [1.29, 1.82) is 5.26 Å². The van der Waals surface area contributed by atoms with E-state index < -0.39 is 0 Å². The van der Waals surface area contributed by atoms with Crippen LogP contribution in [0.3, 0.4) is 0 Å². The van der Waals surface area contributed by atoms with E-state index in [0.717, 1.165) is 19.4 Å². The molecule has 0 bridgehead atoms. The lowest BCUT2D eigenvalue weighted by molar-refractivity contribution is 0.0670. The molecule has 0 aromatic rings. The Kier molecular flexibility index (Phi) is 4.20. The van der Waals surface area contributed by atoms with Gasteiger partial charge in [-0.15, -0.1) is 0 Å². The van der Waals surface area contributed by atoms with E-state index in [1.807, 2.05) is 0 Å². The molecule has 90 valence electrons. The van der Waals surface area contributed by atoms with Crippen molar-refractivity contribution in [3.8, 4) is 6.07 Å². The van der Waals surface area contributed by atoms with Crippen LogP contribution in [-0.2, 0) is 0 Å².